The maximum atomic E-state index is 13.1. The van der Waals surface area contributed by atoms with Crippen LogP contribution in [-0.2, 0) is 16.1 Å². The Hall–Kier alpha value is -1.42. The SMILES string of the molecule is Cc1cc(CNC(=O)[C@@H]2CCCCO2)ccc1F. The third-order valence-corrected chi connectivity index (χ3v) is 3.16. The number of nitrogens with one attached hydrogen (secondary N) is 1. The lowest BCUT2D eigenvalue weighted by Crippen LogP contribution is -2.37. The predicted molar refractivity (Wildman–Crippen MR) is 66.6 cm³/mol. The molecule has 1 aromatic carbocycles. The van der Waals surface area contributed by atoms with Crippen LogP contribution in [0.2, 0.25) is 0 Å². The molecule has 1 atom stereocenters. The van der Waals surface area contributed by atoms with Crippen molar-refractivity contribution in [2.24, 2.45) is 0 Å². The predicted octanol–water partition coefficient (Wildman–Crippen LogP) is 2.32. The molecule has 0 aliphatic carbocycles. The number of rotatable bonds is 3. The summed E-state index contributed by atoms with van der Waals surface area (Å²) in [5.41, 5.74) is 1.49. The minimum Gasteiger partial charge on any atom is -0.368 e. The van der Waals surface area contributed by atoms with Crippen LogP contribution in [0.25, 0.3) is 0 Å². The first-order chi connectivity index (χ1) is 8.66. The number of ether oxygens (including phenoxy) is 1. The van der Waals surface area contributed by atoms with Crippen molar-refractivity contribution in [2.45, 2.75) is 38.8 Å². The van der Waals surface area contributed by atoms with Gasteiger partial charge >= 0.3 is 0 Å². The van der Waals surface area contributed by atoms with Gasteiger partial charge in [0.25, 0.3) is 0 Å². The molecule has 1 aliphatic rings. The lowest BCUT2D eigenvalue weighted by molar-refractivity contribution is -0.135. The number of hydrogen-bond donors (Lipinski definition) is 1. The van der Waals surface area contributed by atoms with Gasteiger partial charge in [-0.25, -0.2) is 4.39 Å². The van der Waals surface area contributed by atoms with Gasteiger partial charge in [-0.1, -0.05) is 12.1 Å². The van der Waals surface area contributed by atoms with Gasteiger partial charge in [0.05, 0.1) is 0 Å². The number of carbonyl (C=O) groups is 1. The minimum absolute atomic E-state index is 0.0725. The number of halogens is 1. The summed E-state index contributed by atoms with van der Waals surface area (Å²) >= 11 is 0. The molecule has 1 fully saturated rings. The van der Waals surface area contributed by atoms with E-state index in [2.05, 4.69) is 5.32 Å². The van der Waals surface area contributed by atoms with Crippen LogP contribution in [0, 0.1) is 12.7 Å². The van der Waals surface area contributed by atoms with Crippen molar-refractivity contribution in [3.05, 3.63) is 35.1 Å². The van der Waals surface area contributed by atoms with E-state index in [4.69, 9.17) is 4.74 Å². The molecular weight excluding hydrogens is 233 g/mol. The van der Waals surface area contributed by atoms with Gasteiger partial charge in [0.1, 0.15) is 11.9 Å². The van der Waals surface area contributed by atoms with Crippen LogP contribution in [-0.4, -0.2) is 18.6 Å². The van der Waals surface area contributed by atoms with E-state index in [9.17, 15) is 9.18 Å². The molecule has 3 nitrogen and oxygen atoms in total. The zero-order valence-electron chi connectivity index (χ0n) is 10.5. The second kappa shape index (κ2) is 5.96. The van der Waals surface area contributed by atoms with Crippen LogP contribution in [0.3, 0.4) is 0 Å². The molecule has 1 amide bonds. The minimum atomic E-state index is -0.319. The first kappa shape index (κ1) is 13.0. The average molecular weight is 251 g/mol. The molecular formula is C14H18FNO2. The molecule has 1 heterocycles. The van der Waals surface area contributed by atoms with Crippen molar-refractivity contribution in [3.8, 4) is 0 Å². The summed E-state index contributed by atoms with van der Waals surface area (Å²) in [6.45, 7) is 2.79. The zero-order valence-corrected chi connectivity index (χ0v) is 10.5. The van der Waals surface area contributed by atoms with Crippen molar-refractivity contribution in [1.82, 2.24) is 5.32 Å². The van der Waals surface area contributed by atoms with Gasteiger partial charge in [0.15, 0.2) is 0 Å². The quantitative estimate of drug-likeness (QED) is 0.895. The normalized spacial score (nSPS) is 19.6. The van der Waals surface area contributed by atoms with Gasteiger partial charge in [-0.2, -0.15) is 0 Å². The Morgan fingerprint density at radius 1 is 1.50 bits per heavy atom. The summed E-state index contributed by atoms with van der Waals surface area (Å²) in [7, 11) is 0. The lowest BCUT2D eigenvalue weighted by atomic mass is 10.1. The molecule has 0 saturated carbocycles. The topological polar surface area (TPSA) is 38.3 Å². The van der Waals surface area contributed by atoms with Gasteiger partial charge < -0.3 is 10.1 Å². The number of amides is 1. The summed E-state index contributed by atoms with van der Waals surface area (Å²) in [6.07, 6.45) is 2.53. The first-order valence-corrected chi connectivity index (χ1v) is 6.31. The maximum Gasteiger partial charge on any atom is 0.249 e. The van der Waals surface area contributed by atoms with Crippen molar-refractivity contribution < 1.29 is 13.9 Å². The third-order valence-electron chi connectivity index (χ3n) is 3.16. The van der Waals surface area contributed by atoms with Crippen LogP contribution in [0.1, 0.15) is 30.4 Å². The molecule has 0 radical (unpaired) electrons. The molecule has 1 aromatic rings. The third kappa shape index (κ3) is 3.29. The number of carbonyl (C=O) groups excluding carboxylic acids is 1. The Bertz CT molecular complexity index is 428. The van der Waals surface area contributed by atoms with E-state index in [0.717, 1.165) is 24.8 Å². The summed E-state index contributed by atoms with van der Waals surface area (Å²) in [5.74, 6) is -0.294. The van der Waals surface area contributed by atoms with Crippen molar-refractivity contribution in [2.75, 3.05) is 6.61 Å². The second-order valence-corrected chi connectivity index (χ2v) is 4.66. The Kier molecular flexibility index (Phi) is 4.31. The van der Waals surface area contributed by atoms with Crippen LogP contribution in [0.15, 0.2) is 18.2 Å². The van der Waals surface area contributed by atoms with Gasteiger partial charge in [-0.15, -0.1) is 0 Å². The van der Waals surface area contributed by atoms with Crippen molar-refractivity contribution >= 4 is 5.91 Å². The fraction of sp³-hybridized carbons (Fsp3) is 0.500. The summed E-state index contributed by atoms with van der Waals surface area (Å²) in [6, 6.07) is 4.86. The summed E-state index contributed by atoms with van der Waals surface area (Å²) < 4.78 is 18.5. The van der Waals surface area contributed by atoms with E-state index in [1.807, 2.05) is 0 Å². The Morgan fingerprint density at radius 2 is 2.33 bits per heavy atom. The summed E-state index contributed by atoms with van der Waals surface area (Å²) in [5, 5.41) is 2.83. The molecule has 1 aliphatic heterocycles. The summed E-state index contributed by atoms with van der Waals surface area (Å²) in [4.78, 5) is 11.8. The van der Waals surface area contributed by atoms with E-state index >= 15 is 0 Å². The molecule has 0 bridgehead atoms. The molecule has 1 N–H and O–H groups in total. The van der Waals surface area contributed by atoms with Crippen molar-refractivity contribution in [1.29, 1.82) is 0 Å². The van der Waals surface area contributed by atoms with Gasteiger partial charge in [-0.05, 0) is 43.4 Å². The van der Waals surface area contributed by atoms with E-state index < -0.39 is 0 Å². The number of benzene rings is 1. The Labute approximate surface area is 106 Å². The number of hydrogen-bond acceptors (Lipinski definition) is 2. The fourth-order valence-corrected chi connectivity index (χ4v) is 2.07. The monoisotopic (exact) mass is 251 g/mol. The maximum absolute atomic E-state index is 13.1. The molecule has 0 spiro atoms. The standard InChI is InChI=1S/C14H18FNO2/c1-10-8-11(5-6-12(10)15)9-16-14(17)13-4-2-3-7-18-13/h5-6,8,13H,2-4,7,9H2,1H3,(H,16,17)/t13-/m0/s1. The molecule has 0 unspecified atom stereocenters. The highest BCUT2D eigenvalue weighted by atomic mass is 19.1. The van der Waals surface area contributed by atoms with E-state index in [1.165, 1.54) is 6.07 Å². The highest BCUT2D eigenvalue weighted by Gasteiger charge is 2.21. The van der Waals surface area contributed by atoms with E-state index in [0.29, 0.717) is 18.7 Å². The van der Waals surface area contributed by atoms with Crippen LogP contribution < -0.4 is 5.32 Å². The van der Waals surface area contributed by atoms with Crippen molar-refractivity contribution in [3.63, 3.8) is 0 Å². The van der Waals surface area contributed by atoms with Crippen LogP contribution in [0.5, 0.6) is 0 Å². The van der Waals surface area contributed by atoms with E-state index in [1.54, 1.807) is 19.1 Å². The Morgan fingerprint density at radius 3 is 3.00 bits per heavy atom. The zero-order chi connectivity index (χ0) is 13.0. The highest BCUT2D eigenvalue weighted by Crippen LogP contribution is 2.13. The van der Waals surface area contributed by atoms with Crippen LogP contribution in [0.4, 0.5) is 4.39 Å². The smallest absolute Gasteiger partial charge is 0.249 e. The molecule has 98 valence electrons. The van der Waals surface area contributed by atoms with Gasteiger partial charge in [0.2, 0.25) is 5.91 Å². The fourth-order valence-electron chi connectivity index (χ4n) is 2.07. The second-order valence-electron chi connectivity index (χ2n) is 4.66. The van der Waals surface area contributed by atoms with Gasteiger partial charge in [0, 0.05) is 13.2 Å². The molecule has 1 saturated heterocycles. The van der Waals surface area contributed by atoms with E-state index in [-0.39, 0.29) is 17.8 Å². The van der Waals surface area contributed by atoms with Gasteiger partial charge in [-0.3, -0.25) is 4.79 Å². The Balaban J connectivity index is 1.86. The molecule has 18 heavy (non-hydrogen) atoms. The average Bonchev–Trinajstić information content (AvgIpc) is 2.41. The number of aryl methyl sites for hydroxylation is 1. The lowest BCUT2D eigenvalue weighted by Gasteiger charge is -2.21. The molecule has 2 rings (SSSR count). The largest absolute Gasteiger partial charge is 0.368 e. The molecule has 0 aromatic heterocycles. The highest BCUT2D eigenvalue weighted by molar-refractivity contribution is 5.80. The van der Waals surface area contributed by atoms with Crippen LogP contribution >= 0.6 is 0 Å². The molecule has 4 heteroatoms. The first-order valence-electron chi connectivity index (χ1n) is 6.31.